The standard InChI is InChI=1S/C22H23N3O5S/c23-12-18-17-5-3-16(14-29-22(27)25-8-1-2-9-30-25)11-19(17)31-21(18)24-20(26)6-4-15-7-10-28-13-15/h4,6-7,10,13,16H,1-3,5,8-9,11,14H2,(H,24,26)/b6-4+. The van der Waals surface area contributed by atoms with Crippen LogP contribution in [-0.4, -0.2) is 36.8 Å². The van der Waals surface area contributed by atoms with E-state index < -0.39 is 6.09 Å². The van der Waals surface area contributed by atoms with Crippen molar-refractivity contribution in [3.05, 3.63) is 46.2 Å². The second kappa shape index (κ2) is 9.81. The predicted molar refractivity (Wildman–Crippen MR) is 114 cm³/mol. The average Bonchev–Trinajstić information content (AvgIpc) is 3.43. The molecule has 1 atom stereocenters. The molecule has 31 heavy (non-hydrogen) atoms. The first-order chi connectivity index (χ1) is 15.1. The Morgan fingerprint density at radius 1 is 1.42 bits per heavy atom. The number of thiophene rings is 1. The predicted octanol–water partition coefficient (Wildman–Crippen LogP) is 4.13. The lowest BCUT2D eigenvalue weighted by Crippen LogP contribution is -2.37. The highest BCUT2D eigenvalue weighted by Gasteiger charge is 2.28. The fourth-order valence-electron chi connectivity index (χ4n) is 3.70. The van der Waals surface area contributed by atoms with Gasteiger partial charge < -0.3 is 14.5 Å². The largest absolute Gasteiger partial charge is 0.472 e. The Morgan fingerprint density at radius 2 is 2.32 bits per heavy atom. The maximum atomic E-state index is 12.3. The molecule has 1 N–H and O–H groups in total. The van der Waals surface area contributed by atoms with Gasteiger partial charge in [0.1, 0.15) is 11.1 Å². The van der Waals surface area contributed by atoms with Crippen molar-refractivity contribution < 1.29 is 23.6 Å². The van der Waals surface area contributed by atoms with Crippen LogP contribution in [0.3, 0.4) is 0 Å². The number of anilines is 1. The highest BCUT2D eigenvalue weighted by atomic mass is 32.1. The Labute approximate surface area is 184 Å². The summed E-state index contributed by atoms with van der Waals surface area (Å²) in [6.07, 6.45) is 9.82. The second-order valence-electron chi connectivity index (χ2n) is 7.53. The second-order valence-corrected chi connectivity index (χ2v) is 8.63. The Hall–Kier alpha value is -3.09. The van der Waals surface area contributed by atoms with Crippen molar-refractivity contribution in [3.63, 3.8) is 0 Å². The van der Waals surface area contributed by atoms with Crippen molar-refractivity contribution in [2.45, 2.75) is 32.1 Å². The molecule has 4 rings (SSSR count). The van der Waals surface area contributed by atoms with E-state index in [2.05, 4.69) is 11.4 Å². The van der Waals surface area contributed by atoms with Crippen LogP contribution in [0, 0.1) is 17.2 Å². The monoisotopic (exact) mass is 441 g/mol. The number of rotatable bonds is 5. The summed E-state index contributed by atoms with van der Waals surface area (Å²) in [7, 11) is 0. The van der Waals surface area contributed by atoms with Crippen molar-refractivity contribution in [1.82, 2.24) is 5.06 Å². The summed E-state index contributed by atoms with van der Waals surface area (Å²) in [5.74, 6) is -0.126. The molecule has 1 saturated heterocycles. The molecule has 9 heteroatoms. The van der Waals surface area contributed by atoms with Crippen LogP contribution in [0.5, 0.6) is 0 Å². The molecule has 1 fully saturated rings. The fraction of sp³-hybridized carbons (Fsp3) is 0.409. The van der Waals surface area contributed by atoms with Crippen LogP contribution in [0.1, 0.15) is 40.8 Å². The number of amides is 2. The van der Waals surface area contributed by atoms with E-state index in [1.165, 1.54) is 28.7 Å². The van der Waals surface area contributed by atoms with Crippen LogP contribution in [0.15, 0.2) is 29.1 Å². The zero-order valence-corrected chi connectivity index (χ0v) is 17.8. The maximum absolute atomic E-state index is 12.3. The van der Waals surface area contributed by atoms with Crippen molar-refractivity contribution in [1.29, 1.82) is 5.26 Å². The van der Waals surface area contributed by atoms with Gasteiger partial charge in [-0.2, -0.15) is 10.3 Å². The Kier molecular flexibility index (Phi) is 6.70. The minimum atomic E-state index is -0.438. The number of ether oxygens (including phenoxy) is 1. The van der Waals surface area contributed by atoms with E-state index in [4.69, 9.17) is 14.0 Å². The molecule has 2 aromatic rings. The quantitative estimate of drug-likeness (QED) is 0.700. The fourth-order valence-corrected chi connectivity index (χ4v) is 5.02. The van der Waals surface area contributed by atoms with Crippen LogP contribution in [0.25, 0.3) is 6.08 Å². The van der Waals surface area contributed by atoms with E-state index in [9.17, 15) is 14.9 Å². The van der Waals surface area contributed by atoms with Gasteiger partial charge in [-0.25, -0.2) is 4.79 Å². The zero-order chi connectivity index (χ0) is 21.6. The van der Waals surface area contributed by atoms with Crippen molar-refractivity contribution >= 4 is 34.4 Å². The lowest BCUT2D eigenvalue weighted by molar-refractivity contribution is -0.157. The SMILES string of the molecule is N#Cc1c(NC(=O)/C=C/c2ccoc2)sc2c1CCC(COC(=O)N1CCCCO1)C2. The first-order valence-electron chi connectivity index (χ1n) is 10.3. The summed E-state index contributed by atoms with van der Waals surface area (Å²) in [5.41, 5.74) is 2.30. The molecule has 1 aliphatic heterocycles. The third-order valence-corrected chi connectivity index (χ3v) is 6.50. The first-order valence-corrected chi connectivity index (χ1v) is 11.1. The number of carbonyl (C=O) groups is 2. The molecule has 162 valence electrons. The van der Waals surface area contributed by atoms with Gasteiger partial charge in [-0.05, 0) is 55.7 Å². The third-order valence-electron chi connectivity index (χ3n) is 5.34. The molecule has 1 aliphatic carbocycles. The van der Waals surface area contributed by atoms with Gasteiger partial charge in [-0.15, -0.1) is 11.3 Å². The Bertz CT molecular complexity index is 999. The highest BCUT2D eigenvalue weighted by Crippen LogP contribution is 2.39. The van der Waals surface area contributed by atoms with Crippen molar-refractivity contribution in [3.8, 4) is 6.07 Å². The summed E-state index contributed by atoms with van der Waals surface area (Å²) in [4.78, 5) is 30.8. The van der Waals surface area contributed by atoms with Crippen LogP contribution >= 0.6 is 11.3 Å². The van der Waals surface area contributed by atoms with Gasteiger partial charge in [0.05, 0.1) is 37.8 Å². The smallest absolute Gasteiger partial charge is 0.433 e. The molecule has 1 unspecified atom stereocenters. The molecule has 2 amide bonds. The molecule has 0 saturated carbocycles. The molecule has 2 aromatic heterocycles. The van der Waals surface area contributed by atoms with Gasteiger partial charge in [0.25, 0.3) is 0 Å². The normalized spacial score (nSPS) is 18.4. The average molecular weight is 442 g/mol. The maximum Gasteiger partial charge on any atom is 0.433 e. The van der Waals surface area contributed by atoms with E-state index in [1.807, 2.05) is 0 Å². The van der Waals surface area contributed by atoms with Crippen LogP contribution < -0.4 is 5.32 Å². The first kappa shape index (κ1) is 21.2. The molecular formula is C22H23N3O5S. The number of furan rings is 1. The minimum absolute atomic E-state index is 0.177. The summed E-state index contributed by atoms with van der Waals surface area (Å²) in [5, 5.41) is 14.3. The van der Waals surface area contributed by atoms with E-state index >= 15 is 0 Å². The summed E-state index contributed by atoms with van der Waals surface area (Å²) < 4.78 is 10.4. The van der Waals surface area contributed by atoms with Gasteiger partial charge in [0, 0.05) is 16.5 Å². The lowest BCUT2D eigenvalue weighted by atomic mass is 9.88. The molecule has 0 radical (unpaired) electrons. The number of carbonyl (C=O) groups excluding carboxylic acids is 2. The molecule has 0 spiro atoms. The van der Waals surface area contributed by atoms with Gasteiger partial charge in [0.2, 0.25) is 5.91 Å². The number of fused-ring (bicyclic) bond motifs is 1. The Morgan fingerprint density at radius 3 is 3.06 bits per heavy atom. The number of hydroxylamine groups is 2. The van der Waals surface area contributed by atoms with E-state index in [-0.39, 0.29) is 11.8 Å². The number of hydrogen-bond donors (Lipinski definition) is 1. The lowest BCUT2D eigenvalue weighted by Gasteiger charge is -2.27. The molecule has 0 bridgehead atoms. The Balaban J connectivity index is 1.36. The zero-order valence-electron chi connectivity index (χ0n) is 17.0. The summed E-state index contributed by atoms with van der Waals surface area (Å²) in [6, 6.07) is 3.98. The van der Waals surface area contributed by atoms with Gasteiger partial charge >= 0.3 is 6.09 Å². The van der Waals surface area contributed by atoms with Crippen LogP contribution in [-0.2, 0) is 27.2 Å². The molecular weight excluding hydrogens is 418 g/mol. The molecule has 8 nitrogen and oxygen atoms in total. The third kappa shape index (κ3) is 5.16. The van der Waals surface area contributed by atoms with Gasteiger partial charge in [-0.3, -0.25) is 9.63 Å². The van der Waals surface area contributed by atoms with E-state index in [0.29, 0.717) is 36.7 Å². The van der Waals surface area contributed by atoms with Gasteiger partial charge in [-0.1, -0.05) is 0 Å². The molecule has 3 heterocycles. The minimum Gasteiger partial charge on any atom is -0.472 e. The van der Waals surface area contributed by atoms with Crippen molar-refractivity contribution in [2.24, 2.45) is 5.92 Å². The van der Waals surface area contributed by atoms with Crippen molar-refractivity contribution in [2.75, 3.05) is 25.1 Å². The topological polar surface area (TPSA) is 105 Å². The molecule has 2 aliphatic rings. The highest BCUT2D eigenvalue weighted by molar-refractivity contribution is 7.16. The van der Waals surface area contributed by atoms with Crippen LogP contribution in [0.2, 0.25) is 0 Å². The number of nitrogens with zero attached hydrogens (tertiary/aromatic N) is 2. The number of nitrogens with one attached hydrogen (secondary N) is 1. The van der Waals surface area contributed by atoms with E-state index in [1.54, 1.807) is 18.4 Å². The summed E-state index contributed by atoms with van der Waals surface area (Å²) >= 11 is 1.42. The van der Waals surface area contributed by atoms with Gasteiger partial charge in [0.15, 0.2) is 0 Å². The number of nitriles is 1. The van der Waals surface area contributed by atoms with E-state index in [0.717, 1.165) is 41.7 Å². The number of hydrogen-bond acceptors (Lipinski definition) is 7. The molecule has 0 aromatic carbocycles. The van der Waals surface area contributed by atoms with Crippen LogP contribution in [0.4, 0.5) is 9.80 Å². The summed E-state index contributed by atoms with van der Waals surface area (Å²) in [6.45, 7) is 1.41.